The molecular weight excluding hydrogens is 774 g/mol. The van der Waals surface area contributed by atoms with Crippen molar-refractivity contribution in [3.05, 3.63) is 91.0 Å². The Hall–Kier alpha value is -4.26. The fourth-order valence-corrected chi connectivity index (χ4v) is 7.68. The van der Waals surface area contributed by atoms with Gasteiger partial charge >= 0.3 is 29.6 Å². The first kappa shape index (κ1) is 39.0. The molecule has 52 heavy (non-hydrogen) atoms. The summed E-state index contributed by atoms with van der Waals surface area (Å²) in [6, 6.07) is 18.2. The van der Waals surface area contributed by atoms with Crippen LogP contribution in [-0.4, -0.2) is 81.4 Å². The molecule has 0 saturated carbocycles. The molecule has 0 unspecified atom stereocenters. The molecule has 0 radical (unpaired) electrons. The molecule has 22 heteroatoms. The number of hydrogen-bond acceptors (Lipinski definition) is 13. The van der Waals surface area contributed by atoms with Gasteiger partial charge in [0.15, 0.2) is 0 Å². The third kappa shape index (κ3) is 7.89. The van der Waals surface area contributed by atoms with Gasteiger partial charge in [0.05, 0.1) is 32.5 Å². The van der Waals surface area contributed by atoms with Crippen LogP contribution in [0.4, 0.5) is 28.4 Å². The Morgan fingerprint density at radius 2 is 0.904 bits per heavy atom. The zero-order valence-corrected chi connectivity index (χ0v) is 28.5. The topological polar surface area (TPSA) is 293 Å². The summed E-state index contributed by atoms with van der Waals surface area (Å²) in [7, 11) is -19.1. The molecule has 0 aromatic heterocycles. The van der Waals surface area contributed by atoms with E-state index in [9.17, 15) is 51.9 Å². The van der Waals surface area contributed by atoms with Gasteiger partial charge in [-0.15, -0.1) is 15.3 Å². The van der Waals surface area contributed by atoms with Crippen LogP contribution in [-0.2, 0) is 40.5 Å². The van der Waals surface area contributed by atoms with Crippen molar-refractivity contribution >= 4 is 131 Å². The summed E-state index contributed by atoms with van der Waals surface area (Å²) in [5, 5.41) is 16.9. The number of azo groups is 2. The monoisotopic (exact) mass is 795 g/mol. The van der Waals surface area contributed by atoms with Crippen LogP contribution in [0.15, 0.2) is 131 Å². The van der Waals surface area contributed by atoms with Crippen molar-refractivity contribution in [3.8, 4) is 0 Å². The van der Waals surface area contributed by atoms with Gasteiger partial charge in [-0.2, -0.15) is 38.8 Å². The standard InChI is InChI=1S/C30H21N5O12S4.Na.H/c31-25-8-9-27(22-14-17(48(36,37)38)4-6-19(22)25)35-34-26-10-11-28(23-15-18(49(39,40)41)5-7-20(23)26)33-32-16-12-24-21(30(13-16)51(45,46)47)2-1-3-29(24)50(42,43)44;;/h1-15H,31H2,(H,36,37,38)(H,39,40,41)(H,42,43,44)(H,45,46,47);;. The number of fused-ring (bicyclic) bond motifs is 3. The Morgan fingerprint density at radius 1 is 0.423 bits per heavy atom. The molecule has 6 aromatic rings. The van der Waals surface area contributed by atoms with E-state index in [4.69, 9.17) is 5.73 Å². The van der Waals surface area contributed by atoms with Crippen molar-refractivity contribution < 1.29 is 51.9 Å². The Kier molecular flexibility index (Phi) is 10.4. The molecule has 6 aromatic carbocycles. The van der Waals surface area contributed by atoms with Gasteiger partial charge in [0.1, 0.15) is 9.79 Å². The minimum absolute atomic E-state index is 0. The van der Waals surface area contributed by atoms with E-state index in [0.717, 1.165) is 48.5 Å². The van der Waals surface area contributed by atoms with E-state index in [-0.39, 0.29) is 84.9 Å². The summed E-state index contributed by atoms with van der Waals surface area (Å²) < 4.78 is 135. The molecule has 0 aliphatic carbocycles. The van der Waals surface area contributed by atoms with Crippen molar-refractivity contribution in [2.75, 3.05) is 5.73 Å². The molecule has 0 bridgehead atoms. The van der Waals surface area contributed by atoms with Crippen LogP contribution in [0.25, 0.3) is 32.3 Å². The predicted octanol–water partition coefficient (Wildman–Crippen LogP) is 5.90. The van der Waals surface area contributed by atoms with Gasteiger partial charge in [0.25, 0.3) is 40.5 Å². The molecule has 0 heterocycles. The van der Waals surface area contributed by atoms with E-state index >= 15 is 0 Å². The van der Waals surface area contributed by atoms with Crippen molar-refractivity contribution in [2.45, 2.75) is 19.6 Å². The van der Waals surface area contributed by atoms with Gasteiger partial charge in [0.2, 0.25) is 0 Å². The Bertz CT molecular complexity index is 2990. The molecule has 0 atom stereocenters. The van der Waals surface area contributed by atoms with Gasteiger partial charge < -0.3 is 5.73 Å². The van der Waals surface area contributed by atoms with Crippen molar-refractivity contribution in [3.63, 3.8) is 0 Å². The normalized spacial score (nSPS) is 13.0. The first-order valence-corrected chi connectivity index (χ1v) is 19.7. The van der Waals surface area contributed by atoms with Crippen LogP contribution < -0.4 is 5.73 Å². The molecule has 264 valence electrons. The van der Waals surface area contributed by atoms with Gasteiger partial charge in [-0.25, -0.2) is 0 Å². The van der Waals surface area contributed by atoms with Gasteiger partial charge in [0, 0.05) is 38.0 Å². The van der Waals surface area contributed by atoms with E-state index in [1.54, 1.807) is 0 Å². The zero-order chi connectivity index (χ0) is 37.1. The molecule has 0 aliphatic heterocycles. The van der Waals surface area contributed by atoms with Crippen molar-refractivity contribution in [2.24, 2.45) is 20.5 Å². The number of nitrogens with two attached hydrogens (primary N) is 1. The maximum atomic E-state index is 12.2. The third-order valence-corrected chi connectivity index (χ3v) is 11.0. The summed E-state index contributed by atoms with van der Waals surface area (Å²) in [4.78, 5) is -2.38. The molecule has 6 N–H and O–H groups in total. The molecule has 0 aliphatic rings. The number of nitrogens with zero attached hydrogens (tertiary/aromatic N) is 4. The van der Waals surface area contributed by atoms with Crippen molar-refractivity contribution in [1.29, 1.82) is 0 Å². The van der Waals surface area contributed by atoms with E-state index in [2.05, 4.69) is 20.5 Å². The van der Waals surface area contributed by atoms with Gasteiger partial charge in [-0.3, -0.25) is 18.2 Å². The van der Waals surface area contributed by atoms with Crippen LogP contribution in [0.5, 0.6) is 0 Å². The van der Waals surface area contributed by atoms with Crippen LogP contribution in [0.3, 0.4) is 0 Å². The van der Waals surface area contributed by atoms with E-state index in [0.29, 0.717) is 5.39 Å². The molecule has 6 rings (SSSR count). The molecular formula is C30H22N5NaO12S4. The summed E-state index contributed by atoms with van der Waals surface area (Å²) in [5.74, 6) is 0. The number of anilines is 1. The summed E-state index contributed by atoms with van der Waals surface area (Å²) in [6.45, 7) is 0. The van der Waals surface area contributed by atoms with Crippen LogP contribution >= 0.6 is 0 Å². The molecule has 0 amide bonds. The number of rotatable bonds is 8. The van der Waals surface area contributed by atoms with Gasteiger partial charge in [-0.1, -0.05) is 24.3 Å². The Morgan fingerprint density at radius 3 is 1.44 bits per heavy atom. The van der Waals surface area contributed by atoms with Crippen molar-refractivity contribution in [1.82, 2.24) is 0 Å². The number of benzene rings is 6. The van der Waals surface area contributed by atoms with E-state index in [1.165, 1.54) is 42.5 Å². The Balaban J connectivity index is 0.00000523. The molecule has 0 saturated heterocycles. The van der Waals surface area contributed by atoms with Crippen LogP contribution in [0.2, 0.25) is 0 Å². The number of hydrogen-bond donors (Lipinski definition) is 5. The quantitative estimate of drug-likeness (QED) is 0.0520. The first-order valence-electron chi connectivity index (χ1n) is 13.9. The second kappa shape index (κ2) is 13.9. The SMILES string of the molecule is Nc1ccc(N=Nc2ccc(N=Nc3cc(S(=O)(=O)O)c4cccc(S(=O)(=O)O)c4c3)c3cc(S(=O)(=O)O)ccc23)c2cc(S(=O)(=O)O)ccc12.[NaH]. The van der Waals surface area contributed by atoms with Crippen LogP contribution in [0, 0.1) is 0 Å². The fourth-order valence-electron chi connectivity index (χ4n) is 5.24. The summed E-state index contributed by atoms with van der Waals surface area (Å²) in [6.07, 6.45) is 0. The first-order chi connectivity index (χ1) is 23.7. The Labute approximate surface area is 317 Å². The van der Waals surface area contributed by atoms with E-state index in [1.807, 2.05) is 0 Å². The molecule has 0 spiro atoms. The average Bonchev–Trinajstić information content (AvgIpc) is 3.04. The predicted molar refractivity (Wildman–Crippen MR) is 191 cm³/mol. The third-order valence-electron chi connectivity index (χ3n) is 7.53. The zero-order valence-electron chi connectivity index (χ0n) is 25.2. The second-order valence-corrected chi connectivity index (χ2v) is 16.4. The van der Waals surface area contributed by atoms with E-state index < -0.39 is 60.1 Å². The fraction of sp³-hybridized carbons (Fsp3) is 0. The second-order valence-electron chi connectivity index (χ2n) is 10.8. The van der Waals surface area contributed by atoms with Crippen LogP contribution in [0.1, 0.15) is 0 Å². The summed E-state index contributed by atoms with van der Waals surface area (Å²) in [5.41, 5.74) is 6.23. The maximum absolute atomic E-state index is 12.2. The number of nitrogen functional groups attached to an aromatic ring is 1. The average molecular weight is 796 g/mol. The minimum atomic E-state index is -4.96. The summed E-state index contributed by atoms with van der Waals surface area (Å²) >= 11 is 0. The van der Waals surface area contributed by atoms with Gasteiger partial charge in [-0.05, 0) is 66.7 Å². The molecule has 17 nitrogen and oxygen atoms in total. The molecule has 0 fully saturated rings.